The van der Waals surface area contributed by atoms with Crippen molar-refractivity contribution < 1.29 is 4.42 Å². The molecule has 0 saturated carbocycles. The third-order valence-corrected chi connectivity index (χ3v) is 12.7. The lowest BCUT2D eigenvalue weighted by molar-refractivity contribution is 0.669. The van der Waals surface area contributed by atoms with E-state index in [0.29, 0.717) is 0 Å². The number of anilines is 3. The van der Waals surface area contributed by atoms with Gasteiger partial charge in [-0.15, -0.1) is 11.3 Å². The van der Waals surface area contributed by atoms with Gasteiger partial charge in [-0.1, -0.05) is 152 Å². The lowest BCUT2D eigenvalue weighted by atomic mass is 9.92. The van der Waals surface area contributed by atoms with Gasteiger partial charge in [0.2, 0.25) is 0 Å². The van der Waals surface area contributed by atoms with Crippen molar-refractivity contribution in [2.24, 2.45) is 0 Å². The molecule has 0 aliphatic heterocycles. The van der Waals surface area contributed by atoms with Crippen LogP contribution in [0.2, 0.25) is 0 Å². The van der Waals surface area contributed by atoms with Gasteiger partial charge in [-0.3, -0.25) is 0 Å². The van der Waals surface area contributed by atoms with Gasteiger partial charge in [-0.25, -0.2) is 4.98 Å². The summed E-state index contributed by atoms with van der Waals surface area (Å²) in [6.07, 6.45) is 0. The van der Waals surface area contributed by atoms with E-state index >= 15 is 0 Å². The van der Waals surface area contributed by atoms with Crippen LogP contribution in [0.25, 0.3) is 97.3 Å². The highest BCUT2D eigenvalue weighted by Crippen LogP contribution is 2.46. The second kappa shape index (κ2) is 13.6. The van der Waals surface area contributed by atoms with Crippen LogP contribution in [0.3, 0.4) is 0 Å². The van der Waals surface area contributed by atoms with Crippen LogP contribution in [0, 0.1) is 0 Å². The molecule has 0 fully saturated rings. The zero-order valence-corrected chi connectivity index (χ0v) is 32.7. The predicted molar refractivity (Wildman–Crippen MR) is 250 cm³/mol. The summed E-state index contributed by atoms with van der Waals surface area (Å²) < 4.78 is 7.86. The van der Waals surface area contributed by atoms with E-state index in [1.165, 1.54) is 49.0 Å². The number of thiazole rings is 1. The molecule has 276 valence electrons. The summed E-state index contributed by atoms with van der Waals surface area (Å²) in [5.41, 5.74) is 11.7. The topological polar surface area (TPSA) is 29.3 Å². The van der Waals surface area contributed by atoms with E-state index in [9.17, 15) is 0 Å². The fourth-order valence-electron chi connectivity index (χ4n) is 8.81. The minimum atomic E-state index is 0.838. The van der Waals surface area contributed by atoms with Gasteiger partial charge in [0, 0.05) is 45.2 Å². The van der Waals surface area contributed by atoms with Gasteiger partial charge >= 0.3 is 0 Å². The lowest BCUT2D eigenvalue weighted by Crippen LogP contribution is -2.11. The molecule has 10 aromatic carbocycles. The number of hydrogen-bond acceptors (Lipinski definition) is 4. The lowest BCUT2D eigenvalue weighted by Gasteiger charge is -2.28. The first-order chi connectivity index (χ1) is 29.2. The molecule has 0 unspecified atom stereocenters. The van der Waals surface area contributed by atoms with Crippen LogP contribution >= 0.6 is 11.3 Å². The molecule has 12 aromatic rings. The Balaban J connectivity index is 1.08. The number of rotatable bonds is 6. The highest BCUT2D eigenvalue weighted by atomic mass is 32.1. The molecule has 3 nitrogen and oxygen atoms in total. The van der Waals surface area contributed by atoms with Gasteiger partial charge in [0.05, 0.1) is 15.9 Å². The Bertz CT molecular complexity index is 3570. The van der Waals surface area contributed by atoms with Gasteiger partial charge in [-0.2, -0.15) is 0 Å². The molecule has 0 N–H and O–H groups in total. The molecule has 2 aromatic heterocycles. The van der Waals surface area contributed by atoms with Gasteiger partial charge in [0.25, 0.3) is 0 Å². The molecule has 0 amide bonds. The third kappa shape index (κ3) is 5.68. The number of aromatic nitrogens is 1. The second-order valence-electron chi connectivity index (χ2n) is 15.1. The van der Waals surface area contributed by atoms with Gasteiger partial charge in [0.1, 0.15) is 16.2 Å². The minimum Gasteiger partial charge on any atom is -0.456 e. The van der Waals surface area contributed by atoms with Gasteiger partial charge < -0.3 is 9.32 Å². The standard InChI is InChI=1S/C55H34N2OS/c1-3-14-36(15-4-1)48-31-41(25-27-44(48)40-24-23-35-13-7-8-18-38(35)29-40)57(51-30-39-19-9-10-20-43(39)45-21-11-12-22-46(45)51)42-26-28-47-49-33-50-54(34-53(49)58-52(47)32-42)59-55(56-50)37-16-5-2-6-17-37/h1-34H. The van der Waals surface area contributed by atoms with Gasteiger partial charge in [0.15, 0.2) is 0 Å². The van der Waals surface area contributed by atoms with Crippen molar-refractivity contribution in [2.75, 3.05) is 4.90 Å². The van der Waals surface area contributed by atoms with E-state index in [1.807, 2.05) is 6.07 Å². The minimum absolute atomic E-state index is 0.838. The van der Waals surface area contributed by atoms with Crippen molar-refractivity contribution in [3.05, 3.63) is 206 Å². The van der Waals surface area contributed by atoms with Crippen LogP contribution in [0.5, 0.6) is 0 Å². The largest absolute Gasteiger partial charge is 0.456 e. The van der Waals surface area contributed by atoms with Crippen LogP contribution in [-0.2, 0) is 0 Å². The fraction of sp³-hybridized carbons (Fsp3) is 0. The van der Waals surface area contributed by atoms with Crippen LogP contribution in [0.15, 0.2) is 211 Å². The van der Waals surface area contributed by atoms with E-state index < -0.39 is 0 Å². The third-order valence-electron chi connectivity index (χ3n) is 11.6. The summed E-state index contributed by atoms with van der Waals surface area (Å²) in [5.74, 6) is 0. The number of hydrogen-bond donors (Lipinski definition) is 0. The van der Waals surface area contributed by atoms with Crippen molar-refractivity contribution >= 4 is 92.9 Å². The van der Waals surface area contributed by atoms with E-state index in [-0.39, 0.29) is 0 Å². The molecule has 4 heteroatoms. The summed E-state index contributed by atoms with van der Waals surface area (Å²) in [4.78, 5) is 7.45. The quantitative estimate of drug-likeness (QED) is 0.158. The highest BCUT2D eigenvalue weighted by molar-refractivity contribution is 7.21. The summed E-state index contributed by atoms with van der Waals surface area (Å²) in [5, 5.41) is 10.4. The molecule has 0 saturated heterocycles. The zero-order valence-electron chi connectivity index (χ0n) is 31.8. The monoisotopic (exact) mass is 770 g/mol. The van der Waals surface area contributed by atoms with E-state index in [1.54, 1.807) is 11.3 Å². The van der Waals surface area contributed by atoms with Crippen LogP contribution in [0.4, 0.5) is 17.1 Å². The molecular weight excluding hydrogens is 737 g/mol. The first-order valence-corrected chi connectivity index (χ1v) is 20.8. The normalized spacial score (nSPS) is 11.7. The molecule has 0 radical (unpaired) electrons. The molecule has 0 atom stereocenters. The maximum Gasteiger partial charge on any atom is 0.137 e. The highest BCUT2D eigenvalue weighted by Gasteiger charge is 2.22. The molecule has 0 bridgehead atoms. The van der Waals surface area contributed by atoms with Crippen molar-refractivity contribution in [2.45, 2.75) is 0 Å². The summed E-state index contributed by atoms with van der Waals surface area (Å²) >= 11 is 1.70. The van der Waals surface area contributed by atoms with Crippen molar-refractivity contribution in [1.29, 1.82) is 0 Å². The van der Waals surface area contributed by atoms with Gasteiger partial charge in [-0.05, 0) is 91.6 Å². The van der Waals surface area contributed by atoms with Crippen molar-refractivity contribution in [3.8, 4) is 32.8 Å². The number of fused-ring (bicyclic) bond motifs is 8. The molecule has 12 rings (SSSR count). The molecular formula is C55H34N2OS. The van der Waals surface area contributed by atoms with Crippen LogP contribution < -0.4 is 4.90 Å². The Morgan fingerprint density at radius 2 is 1.05 bits per heavy atom. The van der Waals surface area contributed by atoms with E-state index in [0.717, 1.165) is 65.4 Å². The second-order valence-corrected chi connectivity index (χ2v) is 16.2. The van der Waals surface area contributed by atoms with Crippen molar-refractivity contribution in [3.63, 3.8) is 0 Å². The maximum absolute atomic E-state index is 6.75. The molecule has 0 aliphatic carbocycles. The predicted octanol–water partition coefficient (Wildman–Crippen LogP) is 16.1. The Hall–Kier alpha value is -7.53. The Kier molecular flexibility index (Phi) is 7.72. The SMILES string of the molecule is c1ccc(-c2nc3cc4c(cc3s2)oc2cc(N(c3ccc(-c5ccc6ccccc6c5)c(-c5ccccc5)c3)c3cc5ccccc5c5ccccc35)ccc24)cc1. The van der Waals surface area contributed by atoms with E-state index in [4.69, 9.17) is 9.40 Å². The molecule has 2 heterocycles. The fourth-order valence-corrected chi connectivity index (χ4v) is 9.79. The first-order valence-electron chi connectivity index (χ1n) is 19.9. The first kappa shape index (κ1) is 33.6. The summed E-state index contributed by atoms with van der Waals surface area (Å²) in [6, 6.07) is 74.2. The number of benzene rings is 10. The van der Waals surface area contributed by atoms with E-state index in [2.05, 4.69) is 205 Å². The number of nitrogens with zero attached hydrogens (tertiary/aromatic N) is 2. The summed E-state index contributed by atoms with van der Waals surface area (Å²) in [6.45, 7) is 0. The zero-order chi connectivity index (χ0) is 38.9. The molecule has 0 aliphatic rings. The Morgan fingerprint density at radius 3 is 1.88 bits per heavy atom. The molecule has 0 spiro atoms. The van der Waals surface area contributed by atoms with Crippen LogP contribution in [0.1, 0.15) is 0 Å². The average Bonchev–Trinajstić information content (AvgIpc) is 3.89. The summed E-state index contributed by atoms with van der Waals surface area (Å²) in [7, 11) is 0. The Morgan fingerprint density at radius 1 is 0.390 bits per heavy atom. The molecule has 59 heavy (non-hydrogen) atoms. The average molecular weight is 771 g/mol. The van der Waals surface area contributed by atoms with Crippen LogP contribution in [-0.4, -0.2) is 4.98 Å². The van der Waals surface area contributed by atoms with Crippen molar-refractivity contribution in [1.82, 2.24) is 4.98 Å². The smallest absolute Gasteiger partial charge is 0.137 e. The number of furan rings is 1. The maximum atomic E-state index is 6.75. The Labute approximate surface area is 344 Å².